The maximum absolute atomic E-state index is 12.8. The Kier molecular flexibility index (Phi) is 6.32. The van der Waals surface area contributed by atoms with E-state index in [2.05, 4.69) is 0 Å². The smallest absolute Gasteiger partial charge is 0.416 e. The van der Waals surface area contributed by atoms with Crippen LogP contribution in [0.2, 0.25) is 0 Å². The Morgan fingerprint density at radius 3 is 2.62 bits per heavy atom. The fourth-order valence-corrected chi connectivity index (χ4v) is 3.26. The zero-order valence-corrected chi connectivity index (χ0v) is 15.9. The van der Waals surface area contributed by atoms with E-state index in [9.17, 15) is 23.1 Å². The molecule has 1 N–H and O–H groups in total. The van der Waals surface area contributed by atoms with E-state index in [-0.39, 0.29) is 30.7 Å². The molecule has 156 valence electrons. The molecule has 0 unspecified atom stereocenters. The molecule has 2 aromatic rings. The number of halogens is 3. The average Bonchev–Trinajstić information content (AvgIpc) is 2.71. The lowest BCUT2D eigenvalue weighted by Gasteiger charge is -2.29. The van der Waals surface area contributed by atoms with Gasteiger partial charge in [-0.2, -0.15) is 13.2 Å². The van der Waals surface area contributed by atoms with Crippen LogP contribution in [-0.2, 0) is 11.0 Å². The molecule has 5 nitrogen and oxygen atoms in total. The summed E-state index contributed by atoms with van der Waals surface area (Å²) in [5.41, 5.74) is 0.0542. The number of hydrogen-bond donors (Lipinski definition) is 1. The van der Waals surface area contributed by atoms with Gasteiger partial charge < -0.3 is 19.5 Å². The number of aliphatic hydroxyl groups excluding tert-OH is 1. The number of carbonyl (C=O) groups excluding carboxylic acids is 1. The van der Waals surface area contributed by atoms with Crippen LogP contribution in [0.15, 0.2) is 48.5 Å². The molecule has 0 fully saturated rings. The van der Waals surface area contributed by atoms with Crippen LogP contribution < -0.4 is 9.47 Å². The number of amides is 1. The first-order valence-electron chi connectivity index (χ1n) is 9.20. The first-order valence-corrected chi connectivity index (χ1v) is 9.20. The SMILES string of the molecule is CN(C[C@@H](O)COc1ccc(C(F)(F)F)cc1)C(=O)[C@@H]1CCOc2ccccc21. The van der Waals surface area contributed by atoms with Gasteiger partial charge in [-0.05, 0) is 36.8 Å². The van der Waals surface area contributed by atoms with Gasteiger partial charge >= 0.3 is 6.18 Å². The number of nitrogens with zero attached hydrogens (tertiary/aromatic N) is 1. The van der Waals surface area contributed by atoms with Crippen molar-refractivity contribution in [2.75, 3.05) is 26.8 Å². The maximum atomic E-state index is 12.8. The zero-order valence-electron chi connectivity index (χ0n) is 15.9. The summed E-state index contributed by atoms with van der Waals surface area (Å²) in [4.78, 5) is 14.3. The molecular weight excluding hydrogens is 387 g/mol. The number of likely N-dealkylation sites (N-methyl/N-ethyl adjacent to an activating group) is 1. The normalized spacial score (nSPS) is 17.1. The van der Waals surface area contributed by atoms with Crippen LogP contribution in [0.3, 0.4) is 0 Å². The van der Waals surface area contributed by atoms with Gasteiger partial charge in [-0.3, -0.25) is 4.79 Å². The van der Waals surface area contributed by atoms with E-state index in [1.165, 1.54) is 17.0 Å². The van der Waals surface area contributed by atoms with Crippen molar-refractivity contribution in [1.82, 2.24) is 4.90 Å². The molecule has 1 aliphatic rings. The Bertz CT molecular complexity index is 839. The van der Waals surface area contributed by atoms with Gasteiger partial charge in [0.25, 0.3) is 0 Å². The summed E-state index contributed by atoms with van der Waals surface area (Å²) < 4.78 is 48.6. The van der Waals surface area contributed by atoms with Crippen molar-refractivity contribution in [2.24, 2.45) is 0 Å². The van der Waals surface area contributed by atoms with Gasteiger partial charge in [0.2, 0.25) is 5.91 Å². The van der Waals surface area contributed by atoms with Crippen LogP contribution >= 0.6 is 0 Å². The van der Waals surface area contributed by atoms with Gasteiger partial charge in [-0.15, -0.1) is 0 Å². The molecule has 1 amide bonds. The largest absolute Gasteiger partial charge is 0.493 e. The van der Waals surface area contributed by atoms with E-state index in [4.69, 9.17) is 9.47 Å². The molecule has 29 heavy (non-hydrogen) atoms. The molecule has 1 aliphatic heterocycles. The lowest BCUT2D eigenvalue weighted by atomic mass is 9.92. The van der Waals surface area contributed by atoms with E-state index >= 15 is 0 Å². The average molecular weight is 409 g/mol. The summed E-state index contributed by atoms with van der Waals surface area (Å²) in [7, 11) is 1.60. The molecule has 0 radical (unpaired) electrons. The van der Waals surface area contributed by atoms with Gasteiger partial charge in [-0.25, -0.2) is 0 Å². The second kappa shape index (κ2) is 8.73. The van der Waals surface area contributed by atoms with Gasteiger partial charge in [-0.1, -0.05) is 18.2 Å². The highest BCUT2D eigenvalue weighted by Gasteiger charge is 2.31. The van der Waals surface area contributed by atoms with E-state index in [1.54, 1.807) is 7.05 Å². The second-order valence-corrected chi connectivity index (χ2v) is 6.93. The molecular formula is C21H22F3NO4. The predicted molar refractivity (Wildman–Crippen MR) is 99.9 cm³/mol. The van der Waals surface area contributed by atoms with Gasteiger partial charge in [0.1, 0.15) is 24.2 Å². The Labute approximate surface area is 166 Å². The molecule has 0 aliphatic carbocycles. The summed E-state index contributed by atoms with van der Waals surface area (Å²) in [6, 6.07) is 11.6. The summed E-state index contributed by atoms with van der Waals surface area (Å²) in [6.45, 7) is 0.340. The summed E-state index contributed by atoms with van der Waals surface area (Å²) in [5, 5.41) is 10.2. The topological polar surface area (TPSA) is 59.0 Å². The third-order valence-electron chi connectivity index (χ3n) is 4.74. The number of hydrogen-bond acceptors (Lipinski definition) is 4. The van der Waals surface area contributed by atoms with Gasteiger partial charge in [0.15, 0.2) is 0 Å². The van der Waals surface area contributed by atoms with Gasteiger partial charge in [0.05, 0.1) is 18.1 Å². The number of alkyl halides is 3. The van der Waals surface area contributed by atoms with E-state index in [0.717, 1.165) is 17.7 Å². The standard InChI is InChI=1S/C21H22F3NO4/c1-25(20(27)18-10-11-28-19-5-3-2-4-17(18)19)12-15(26)13-29-16-8-6-14(7-9-16)21(22,23)24/h2-9,15,18,26H,10-13H2,1H3/t15-,18-/m1/s1. The van der Waals surface area contributed by atoms with Crippen LogP contribution in [0.4, 0.5) is 13.2 Å². The number of ether oxygens (including phenoxy) is 2. The number of benzene rings is 2. The quantitative estimate of drug-likeness (QED) is 0.794. The minimum absolute atomic E-state index is 0.0407. The Hall–Kier alpha value is -2.74. The lowest BCUT2D eigenvalue weighted by molar-refractivity contribution is -0.137. The molecule has 0 saturated carbocycles. The Morgan fingerprint density at radius 2 is 1.93 bits per heavy atom. The number of carbonyl (C=O) groups is 1. The summed E-state index contributed by atoms with van der Waals surface area (Å²) in [5.74, 6) is 0.434. The van der Waals surface area contributed by atoms with E-state index in [1.807, 2.05) is 24.3 Å². The van der Waals surface area contributed by atoms with Crippen molar-refractivity contribution in [3.05, 3.63) is 59.7 Å². The minimum Gasteiger partial charge on any atom is -0.493 e. The van der Waals surface area contributed by atoms with Crippen LogP contribution in [0.25, 0.3) is 0 Å². The Balaban J connectivity index is 1.53. The predicted octanol–water partition coefficient (Wildman–Crippen LogP) is 3.47. The molecule has 0 aromatic heterocycles. The highest BCUT2D eigenvalue weighted by Crippen LogP contribution is 2.34. The van der Waals surface area contributed by atoms with Crippen molar-refractivity contribution in [3.8, 4) is 11.5 Å². The third kappa shape index (κ3) is 5.20. The molecule has 2 aromatic carbocycles. The highest BCUT2D eigenvalue weighted by molar-refractivity contribution is 5.84. The van der Waals surface area contributed by atoms with Crippen LogP contribution in [-0.4, -0.2) is 48.8 Å². The molecule has 0 saturated heterocycles. The molecule has 0 bridgehead atoms. The van der Waals surface area contributed by atoms with Crippen LogP contribution in [0.1, 0.15) is 23.5 Å². The van der Waals surface area contributed by atoms with Crippen molar-refractivity contribution in [2.45, 2.75) is 24.6 Å². The number of aliphatic hydroxyl groups is 1. The lowest BCUT2D eigenvalue weighted by Crippen LogP contribution is -2.40. The zero-order chi connectivity index (χ0) is 21.0. The monoisotopic (exact) mass is 409 g/mol. The molecule has 8 heteroatoms. The molecule has 0 spiro atoms. The second-order valence-electron chi connectivity index (χ2n) is 6.93. The summed E-state index contributed by atoms with van der Waals surface area (Å²) in [6.07, 6.45) is -4.84. The van der Waals surface area contributed by atoms with E-state index < -0.39 is 17.8 Å². The first kappa shape index (κ1) is 21.0. The van der Waals surface area contributed by atoms with E-state index in [0.29, 0.717) is 18.8 Å². The number of rotatable bonds is 6. The van der Waals surface area contributed by atoms with Crippen molar-refractivity contribution >= 4 is 5.91 Å². The van der Waals surface area contributed by atoms with Crippen molar-refractivity contribution in [1.29, 1.82) is 0 Å². The number of para-hydroxylation sites is 1. The minimum atomic E-state index is -4.41. The van der Waals surface area contributed by atoms with Crippen LogP contribution in [0.5, 0.6) is 11.5 Å². The summed E-state index contributed by atoms with van der Waals surface area (Å²) >= 11 is 0. The fourth-order valence-electron chi connectivity index (χ4n) is 3.26. The van der Waals surface area contributed by atoms with Crippen molar-refractivity contribution < 1.29 is 32.5 Å². The molecule has 3 rings (SSSR count). The fraction of sp³-hybridized carbons (Fsp3) is 0.381. The molecule has 1 heterocycles. The first-order chi connectivity index (χ1) is 13.8. The third-order valence-corrected chi connectivity index (χ3v) is 4.74. The maximum Gasteiger partial charge on any atom is 0.416 e. The Morgan fingerprint density at radius 1 is 1.24 bits per heavy atom. The van der Waals surface area contributed by atoms with Crippen LogP contribution in [0, 0.1) is 0 Å². The highest BCUT2D eigenvalue weighted by atomic mass is 19.4. The van der Waals surface area contributed by atoms with Gasteiger partial charge in [0, 0.05) is 19.2 Å². The molecule has 2 atom stereocenters. The number of fused-ring (bicyclic) bond motifs is 1. The van der Waals surface area contributed by atoms with Crippen molar-refractivity contribution in [3.63, 3.8) is 0 Å².